The van der Waals surface area contributed by atoms with Gasteiger partial charge in [-0.15, -0.1) is 0 Å². The third-order valence-electron chi connectivity index (χ3n) is 8.79. The molecule has 1 saturated carbocycles. The number of allylic oxidation sites excluding steroid dienone is 2. The molecule has 0 aromatic heterocycles. The Morgan fingerprint density at radius 2 is 1.73 bits per heavy atom. The van der Waals surface area contributed by atoms with Crippen molar-refractivity contribution in [2.45, 2.75) is 80.1 Å². The van der Waals surface area contributed by atoms with E-state index in [4.69, 9.17) is 0 Å². The summed E-state index contributed by atoms with van der Waals surface area (Å²) in [6.45, 7) is 13.0. The first kappa shape index (κ1) is 30.2. The fourth-order valence-corrected chi connectivity index (χ4v) is 5.64. The van der Waals surface area contributed by atoms with Crippen molar-refractivity contribution < 1.29 is 24.3 Å². The second-order valence-corrected chi connectivity index (χ2v) is 11.7. The average Bonchev–Trinajstić information content (AvgIpc) is 3.58. The highest BCUT2D eigenvalue weighted by Gasteiger charge is 2.44. The van der Waals surface area contributed by atoms with Gasteiger partial charge in [0.15, 0.2) is 0 Å². The van der Waals surface area contributed by atoms with E-state index in [9.17, 15) is 24.3 Å². The topological polar surface area (TPSA) is 119 Å². The highest BCUT2D eigenvalue weighted by molar-refractivity contribution is 6.44. The van der Waals surface area contributed by atoms with Crippen LogP contribution in [0, 0.1) is 11.3 Å². The molecule has 0 bridgehead atoms. The zero-order valence-electron chi connectivity index (χ0n) is 25.1. The molecular formula is C32H42N4O5. The van der Waals surface area contributed by atoms with Crippen LogP contribution >= 0.6 is 0 Å². The van der Waals surface area contributed by atoms with Crippen molar-refractivity contribution >= 4 is 46.0 Å². The second kappa shape index (κ2) is 12.0. The molecule has 220 valence electrons. The minimum absolute atomic E-state index is 0.0543. The van der Waals surface area contributed by atoms with Gasteiger partial charge in [-0.1, -0.05) is 33.6 Å². The summed E-state index contributed by atoms with van der Waals surface area (Å²) >= 11 is 0. The summed E-state index contributed by atoms with van der Waals surface area (Å²) < 4.78 is 0. The van der Waals surface area contributed by atoms with Crippen LogP contribution in [-0.4, -0.2) is 58.8 Å². The SMILES string of the molecule is CCN(CC)c1ccc(C2=C(O)C(=C3C(=O)N(CCC(=O)C4CCCC4)N=C3C)C2=O)c(NC(=O)C(C)(C)CC)c1. The van der Waals surface area contributed by atoms with Gasteiger partial charge in [0.25, 0.3) is 5.91 Å². The number of aliphatic hydroxyl groups excluding tert-OH is 1. The number of nitrogens with zero attached hydrogens (tertiary/aromatic N) is 3. The Bertz CT molecular complexity index is 1360. The summed E-state index contributed by atoms with van der Waals surface area (Å²) in [6.07, 6.45) is 4.75. The molecule has 9 heteroatoms. The molecule has 0 saturated heterocycles. The summed E-state index contributed by atoms with van der Waals surface area (Å²) in [5.74, 6) is -1.26. The first-order chi connectivity index (χ1) is 19.4. The predicted octanol–water partition coefficient (Wildman–Crippen LogP) is 5.42. The molecule has 41 heavy (non-hydrogen) atoms. The number of anilines is 2. The third-order valence-corrected chi connectivity index (χ3v) is 8.79. The van der Waals surface area contributed by atoms with E-state index < -0.39 is 17.1 Å². The largest absolute Gasteiger partial charge is 0.506 e. The minimum Gasteiger partial charge on any atom is -0.506 e. The molecule has 1 aliphatic heterocycles. The highest BCUT2D eigenvalue weighted by atomic mass is 16.3. The van der Waals surface area contributed by atoms with Crippen molar-refractivity contribution in [1.82, 2.24) is 5.01 Å². The molecule has 1 heterocycles. The maximum atomic E-state index is 13.5. The van der Waals surface area contributed by atoms with Gasteiger partial charge in [-0.2, -0.15) is 5.10 Å². The fraction of sp³-hybridized carbons (Fsp3) is 0.531. The van der Waals surface area contributed by atoms with Crippen LogP contribution in [0.3, 0.4) is 0 Å². The quantitative estimate of drug-likeness (QED) is 0.348. The predicted molar refractivity (Wildman–Crippen MR) is 161 cm³/mol. The van der Waals surface area contributed by atoms with Crippen LogP contribution in [0.15, 0.2) is 40.2 Å². The van der Waals surface area contributed by atoms with Gasteiger partial charge in [0.1, 0.15) is 11.5 Å². The van der Waals surface area contributed by atoms with Gasteiger partial charge < -0.3 is 15.3 Å². The van der Waals surface area contributed by atoms with E-state index in [-0.39, 0.29) is 53.1 Å². The van der Waals surface area contributed by atoms with Crippen molar-refractivity contribution in [2.75, 3.05) is 29.9 Å². The van der Waals surface area contributed by atoms with Gasteiger partial charge in [-0.3, -0.25) is 19.2 Å². The van der Waals surface area contributed by atoms with Crippen molar-refractivity contribution in [3.05, 3.63) is 40.7 Å². The van der Waals surface area contributed by atoms with Crippen molar-refractivity contribution in [2.24, 2.45) is 16.4 Å². The number of aliphatic hydroxyl groups is 1. The second-order valence-electron chi connectivity index (χ2n) is 11.7. The lowest BCUT2D eigenvalue weighted by Crippen LogP contribution is -2.32. The van der Waals surface area contributed by atoms with Crippen LogP contribution in [0.1, 0.15) is 85.6 Å². The molecule has 0 radical (unpaired) electrons. The Morgan fingerprint density at radius 3 is 2.32 bits per heavy atom. The molecular weight excluding hydrogens is 520 g/mol. The fourth-order valence-electron chi connectivity index (χ4n) is 5.64. The molecule has 2 N–H and O–H groups in total. The van der Waals surface area contributed by atoms with Gasteiger partial charge in [0, 0.05) is 42.1 Å². The van der Waals surface area contributed by atoms with E-state index in [1.54, 1.807) is 13.0 Å². The Morgan fingerprint density at radius 1 is 1.07 bits per heavy atom. The molecule has 9 nitrogen and oxygen atoms in total. The maximum Gasteiger partial charge on any atom is 0.276 e. The molecule has 1 aromatic carbocycles. The molecule has 3 aliphatic rings. The van der Waals surface area contributed by atoms with Crippen molar-refractivity contribution in [3.63, 3.8) is 0 Å². The molecule has 1 aromatic rings. The van der Waals surface area contributed by atoms with Crippen LogP contribution in [0.5, 0.6) is 0 Å². The van der Waals surface area contributed by atoms with E-state index >= 15 is 0 Å². The normalized spacial score (nSPS) is 19.6. The molecule has 0 atom stereocenters. The molecule has 4 rings (SSSR count). The third kappa shape index (κ3) is 5.72. The smallest absolute Gasteiger partial charge is 0.276 e. The molecule has 2 aliphatic carbocycles. The molecule has 0 unspecified atom stereocenters. The number of hydrogen-bond acceptors (Lipinski definition) is 7. The van der Waals surface area contributed by atoms with Crippen molar-refractivity contribution in [1.29, 1.82) is 0 Å². The number of rotatable bonds is 11. The minimum atomic E-state index is -0.637. The molecule has 0 spiro atoms. The summed E-state index contributed by atoms with van der Waals surface area (Å²) in [5, 5.41) is 19.7. The number of benzene rings is 1. The molecule has 2 amide bonds. The highest BCUT2D eigenvalue weighted by Crippen LogP contribution is 2.43. The number of carbonyl (C=O) groups is 4. The number of hydrazone groups is 1. The zero-order chi connectivity index (χ0) is 30.1. The van der Waals surface area contributed by atoms with Crippen LogP contribution in [0.25, 0.3) is 5.57 Å². The van der Waals surface area contributed by atoms with Crippen LogP contribution < -0.4 is 10.2 Å². The van der Waals surface area contributed by atoms with Gasteiger partial charge in [0.05, 0.1) is 34.7 Å². The summed E-state index contributed by atoms with van der Waals surface area (Å²) in [6, 6.07) is 5.41. The van der Waals surface area contributed by atoms with E-state index in [1.165, 1.54) is 5.01 Å². The Balaban J connectivity index is 1.65. The summed E-state index contributed by atoms with van der Waals surface area (Å²) in [5.41, 5.74) is 1.43. The first-order valence-electron chi connectivity index (χ1n) is 14.8. The van der Waals surface area contributed by atoms with Gasteiger partial charge in [-0.05, 0) is 58.2 Å². The van der Waals surface area contributed by atoms with E-state index in [1.807, 2.05) is 46.8 Å². The van der Waals surface area contributed by atoms with Gasteiger partial charge >= 0.3 is 0 Å². The summed E-state index contributed by atoms with van der Waals surface area (Å²) in [4.78, 5) is 54.6. The lowest BCUT2D eigenvalue weighted by Gasteiger charge is -2.28. The lowest BCUT2D eigenvalue weighted by atomic mass is 9.79. The number of carbonyl (C=O) groups excluding carboxylic acids is 4. The Hall–Kier alpha value is -3.75. The number of nitrogens with one attached hydrogen (secondary N) is 1. The number of Topliss-reactive ketones (excluding diaryl/α,β-unsaturated/α-hetero) is 2. The number of hydrogen-bond donors (Lipinski definition) is 2. The van der Waals surface area contributed by atoms with E-state index in [0.29, 0.717) is 23.4 Å². The van der Waals surface area contributed by atoms with Crippen LogP contribution in [0.2, 0.25) is 0 Å². The standard InChI is InChI=1S/C32H42N4O5/c1-7-32(5,6)31(41)33-23-18-21(35(8-2)9-3)14-15-22(23)26-28(38)27(29(26)39)25-19(4)34-36(30(25)40)17-16-24(37)20-12-10-11-13-20/h14-15,18,20,38H,7-13,16-17H2,1-6H3,(H,33,41). The maximum absolute atomic E-state index is 13.5. The van der Waals surface area contributed by atoms with Crippen LogP contribution in [-0.2, 0) is 19.2 Å². The average molecular weight is 563 g/mol. The molecule has 1 fully saturated rings. The Labute approximate surface area is 242 Å². The number of ketones is 2. The summed E-state index contributed by atoms with van der Waals surface area (Å²) in [7, 11) is 0. The monoisotopic (exact) mass is 562 g/mol. The van der Waals surface area contributed by atoms with E-state index in [0.717, 1.165) is 44.5 Å². The van der Waals surface area contributed by atoms with Gasteiger partial charge in [0.2, 0.25) is 11.7 Å². The Kier molecular flexibility index (Phi) is 8.85. The van der Waals surface area contributed by atoms with Gasteiger partial charge in [-0.25, -0.2) is 5.01 Å². The van der Waals surface area contributed by atoms with Crippen molar-refractivity contribution in [3.8, 4) is 0 Å². The van der Waals surface area contributed by atoms with E-state index in [2.05, 4.69) is 15.3 Å². The zero-order valence-corrected chi connectivity index (χ0v) is 25.1. The number of amides is 2. The van der Waals surface area contributed by atoms with Crippen LogP contribution in [0.4, 0.5) is 11.4 Å². The lowest BCUT2D eigenvalue weighted by molar-refractivity contribution is -0.128. The first-order valence-corrected chi connectivity index (χ1v) is 14.8.